The van der Waals surface area contributed by atoms with Crippen LogP contribution in [-0.4, -0.2) is 24.7 Å². The molecule has 2 rings (SSSR count). The lowest BCUT2D eigenvalue weighted by atomic mass is 10.2. The summed E-state index contributed by atoms with van der Waals surface area (Å²) in [5.41, 5.74) is 1.48. The fourth-order valence-corrected chi connectivity index (χ4v) is 3.40. The van der Waals surface area contributed by atoms with Gasteiger partial charge in [-0.05, 0) is 31.0 Å². The summed E-state index contributed by atoms with van der Waals surface area (Å²) >= 11 is 5.88. The average molecular weight is 314 g/mol. The molecule has 0 fully saturated rings. The number of rotatable bonds is 5. The molecule has 20 heavy (non-hydrogen) atoms. The van der Waals surface area contributed by atoms with E-state index >= 15 is 0 Å². The minimum Gasteiger partial charge on any atom is -0.274 e. The summed E-state index contributed by atoms with van der Waals surface area (Å²) < 4.78 is 28.3. The van der Waals surface area contributed by atoms with Crippen molar-refractivity contribution in [1.82, 2.24) is 14.5 Å². The third-order valence-corrected chi connectivity index (χ3v) is 4.65. The second-order valence-corrected chi connectivity index (χ2v) is 6.70. The predicted molar refractivity (Wildman–Crippen MR) is 78.3 cm³/mol. The third kappa shape index (κ3) is 3.59. The minimum absolute atomic E-state index is 0.214. The van der Waals surface area contributed by atoms with Crippen molar-refractivity contribution in [3.8, 4) is 0 Å². The van der Waals surface area contributed by atoms with Gasteiger partial charge in [0.2, 0.25) is 10.0 Å². The highest BCUT2D eigenvalue weighted by Crippen LogP contribution is 2.13. The van der Waals surface area contributed by atoms with E-state index in [4.69, 9.17) is 11.6 Å². The topological polar surface area (TPSA) is 64.0 Å². The van der Waals surface area contributed by atoms with E-state index in [1.807, 2.05) is 18.2 Å². The highest BCUT2D eigenvalue weighted by Gasteiger charge is 2.18. The van der Waals surface area contributed by atoms with E-state index in [0.29, 0.717) is 23.7 Å². The highest BCUT2D eigenvalue weighted by atomic mass is 35.5. The Morgan fingerprint density at radius 3 is 2.75 bits per heavy atom. The largest absolute Gasteiger partial charge is 0.274 e. The summed E-state index contributed by atoms with van der Waals surface area (Å²) in [4.78, 5) is 0.214. The van der Waals surface area contributed by atoms with Crippen LogP contribution < -0.4 is 4.72 Å². The molecule has 0 radical (unpaired) electrons. The van der Waals surface area contributed by atoms with Gasteiger partial charge in [-0.3, -0.25) is 4.68 Å². The molecule has 0 spiro atoms. The summed E-state index contributed by atoms with van der Waals surface area (Å²) in [5.74, 6) is 0. The molecule has 0 saturated carbocycles. The van der Waals surface area contributed by atoms with E-state index in [0.717, 1.165) is 5.56 Å². The van der Waals surface area contributed by atoms with E-state index < -0.39 is 10.0 Å². The van der Waals surface area contributed by atoms with Crippen molar-refractivity contribution in [3.63, 3.8) is 0 Å². The van der Waals surface area contributed by atoms with Crippen LogP contribution >= 0.6 is 11.6 Å². The Bertz CT molecular complexity index is 710. The molecule has 0 amide bonds. The molecule has 0 aliphatic heterocycles. The maximum absolute atomic E-state index is 12.1. The molecule has 5 nitrogen and oxygen atoms in total. The minimum atomic E-state index is -3.52. The van der Waals surface area contributed by atoms with Crippen molar-refractivity contribution in [2.45, 2.75) is 18.2 Å². The Hall–Kier alpha value is -1.37. The lowest BCUT2D eigenvalue weighted by Crippen LogP contribution is -2.26. The normalized spacial score (nSPS) is 11.8. The number of benzene rings is 1. The summed E-state index contributed by atoms with van der Waals surface area (Å²) in [5, 5.41) is 4.68. The van der Waals surface area contributed by atoms with Crippen molar-refractivity contribution < 1.29 is 8.42 Å². The highest BCUT2D eigenvalue weighted by molar-refractivity contribution is 7.89. The van der Waals surface area contributed by atoms with Gasteiger partial charge in [-0.1, -0.05) is 23.7 Å². The van der Waals surface area contributed by atoms with Gasteiger partial charge >= 0.3 is 0 Å². The lowest BCUT2D eigenvalue weighted by Gasteiger charge is -2.06. The summed E-state index contributed by atoms with van der Waals surface area (Å²) in [6.45, 7) is 1.99. The SMILES string of the molecule is Cc1nn(C)cc1S(=O)(=O)NCCc1cccc(Cl)c1. The number of nitrogens with zero attached hydrogens (tertiary/aromatic N) is 2. The van der Waals surface area contributed by atoms with Crippen LogP contribution in [0.3, 0.4) is 0 Å². The quantitative estimate of drug-likeness (QED) is 0.917. The first kappa shape index (κ1) is 15.0. The molecule has 0 saturated heterocycles. The first-order chi connectivity index (χ1) is 9.38. The summed E-state index contributed by atoms with van der Waals surface area (Å²) in [6, 6.07) is 7.37. The van der Waals surface area contributed by atoms with Gasteiger partial charge in [0.05, 0.1) is 5.69 Å². The Morgan fingerprint density at radius 1 is 1.40 bits per heavy atom. The number of aromatic nitrogens is 2. The molecule has 1 aromatic carbocycles. The Kier molecular flexibility index (Phi) is 4.47. The van der Waals surface area contributed by atoms with Crippen LogP contribution in [0.2, 0.25) is 5.02 Å². The van der Waals surface area contributed by atoms with E-state index in [1.165, 1.54) is 10.9 Å². The van der Waals surface area contributed by atoms with E-state index in [2.05, 4.69) is 9.82 Å². The molecule has 0 bridgehead atoms. The number of halogens is 1. The monoisotopic (exact) mass is 313 g/mol. The Balaban J connectivity index is 2.01. The lowest BCUT2D eigenvalue weighted by molar-refractivity contribution is 0.581. The second kappa shape index (κ2) is 5.95. The standard InChI is InChI=1S/C13H16ClN3O2S/c1-10-13(9-17(2)16-10)20(18,19)15-7-6-11-4-3-5-12(14)8-11/h3-5,8-9,15H,6-7H2,1-2H3. The van der Waals surface area contributed by atoms with Crippen LogP contribution in [0.4, 0.5) is 0 Å². The molecule has 1 heterocycles. The molecular formula is C13H16ClN3O2S. The smallest absolute Gasteiger partial charge is 0.243 e. The van der Waals surface area contributed by atoms with E-state index in [9.17, 15) is 8.42 Å². The Morgan fingerprint density at radius 2 is 2.15 bits per heavy atom. The maximum Gasteiger partial charge on any atom is 0.243 e. The van der Waals surface area contributed by atoms with E-state index in [1.54, 1.807) is 20.0 Å². The van der Waals surface area contributed by atoms with Crippen LogP contribution in [0.1, 0.15) is 11.3 Å². The number of hydrogen-bond acceptors (Lipinski definition) is 3. The maximum atomic E-state index is 12.1. The van der Waals surface area contributed by atoms with Gasteiger partial charge in [0.25, 0.3) is 0 Å². The predicted octanol–water partition coefficient (Wildman–Crippen LogP) is 1.90. The second-order valence-electron chi connectivity index (χ2n) is 4.53. The molecule has 0 unspecified atom stereocenters. The van der Waals surface area contributed by atoms with Crippen molar-refractivity contribution in [3.05, 3.63) is 46.7 Å². The van der Waals surface area contributed by atoms with Crippen LogP contribution in [0.5, 0.6) is 0 Å². The zero-order chi connectivity index (χ0) is 14.8. The van der Waals surface area contributed by atoms with Crippen LogP contribution in [0, 0.1) is 6.92 Å². The third-order valence-electron chi connectivity index (χ3n) is 2.85. The van der Waals surface area contributed by atoms with Crippen LogP contribution in [-0.2, 0) is 23.5 Å². The number of hydrogen-bond donors (Lipinski definition) is 1. The molecule has 0 atom stereocenters. The molecular weight excluding hydrogens is 298 g/mol. The summed E-state index contributed by atoms with van der Waals surface area (Å²) in [7, 11) is -1.82. The molecule has 108 valence electrons. The zero-order valence-electron chi connectivity index (χ0n) is 11.3. The van der Waals surface area contributed by atoms with Gasteiger partial charge in [-0.2, -0.15) is 5.10 Å². The zero-order valence-corrected chi connectivity index (χ0v) is 12.9. The van der Waals surface area contributed by atoms with Gasteiger partial charge in [-0.25, -0.2) is 13.1 Å². The summed E-state index contributed by atoms with van der Waals surface area (Å²) in [6.07, 6.45) is 2.08. The molecule has 1 N–H and O–H groups in total. The van der Waals surface area contributed by atoms with Gasteiger partial charge in [0.1, 0.15) is 4.90 Å². The first-order valence-electron chi connectivity index (χ1n) is 6.13. The number of aryl methyl sites for hydroxylation is 2. The van der Waals surface area contributed by atoms with Crippen molar-refractivity contribution in [2.24, 2.45) is 7.05 Å². The fourth-order valence-electron chi connectivity index (χ4n) is 1.94. The first-order valence-corrected chi connectivity index (χ1v) is 7.99. The fraction of sp³-hybridized carbons (Fsp3) is 0.308. The Labute approximate surface area is 123 Å². The van der Waals surface area contributed by atoms with Gasteiger partial charge in [0, 0.05) is 24.8 Å². The molecule has 7 heteroatoms. The van der Waals surface area contributed by atoms with Crippen molar-refractivity contribution >= 4 is 21.6 Å². The molecule has 0 aliphatic carbocycles. The van der Waals surface area contributed by atoms with Crippen molar-refractivity contribution in [1.29, 1.82) is 0 Å². The van der Waals surface area contributed by atoms with Crippen LogP contribution in [0.15, 0.2) is 35.4 Å². The number of sulfonamides is 1. The van der Waals surface area contributed by atoms with E-state index in [-0.39, 0.29) is 4.90 Å². The van der Waals surface area contributed by atoms with Crippen molar-refractivity contribution in [2.75, 3.05) is 6.54 Å². The van der Waals surface area contributed by atoms with Gasteiger partial charge in [-0.15, -0.1) is 0 Å². The number of nitrogens with one attached hydrogen (secondary N) is 1. The molecule has 2 aromatic rings. The van der Waals surface area contributed by atoms with Gasteiger partial charge < -0.3 is 0 Å². The van der Waals surface area contributed by atoms with Crippen LogP contribution in [0.25, 0.3) is 0 Å². The average Bonchev–Trinajstić information content (AvgIpc) is 2.69. The molecule has 1 aromatic heterocycles. The van der Waals surface area contributed by atoms with Gasteiger partial charge in [0.15, 0.2) is 0 Å². The molecule has 0 aliphatic rings.